The molecule has 5 nitrogen and oxygen atoms in total. The van der Waals surface area contributed by atoms with E-state index in [1.54, 1.807) is 17.9 Å². The molecule has 0 unspecified atom stereocenters. The van der Waals surface area contributed by atoms with Crippen LogP contribution in [-0.2, 0) is 16.1 Å². The molecule has 31 heavy (non-hydrogen) atoms. The summed E-state index contributed by atoms with van der Waals surface area (Å²) in [6, 6.07) is 14.4. The molecule has 0 saturated heterocycles. The average Bonchev–Trinajstić information content (AvgIpc) is 2.78. The molecule has 1 atom stereocenters. The number of nitrogens with zero attached hydrogens (tertiary/aromatic N) is 1. The van der Waals surface area contributed by atoms with Gasteiger partial charge in [0.25, 0.3) is 5.91 Å². The molecule has 1 aliphatic carbocycles. The third-order valence-electron chi connectivity index (χ3n) is 5.59. The lowest BCUT2D eigenvalue weighted by Gasteiger charge is -2.31. The van der Waals surface area contributed by atoms with E-state index in [4.69, 9.17) is 16.3 Å². The molecule has 1 saturated carbocycles. The van der Waals surface area contributed by atoms with Gasteiger partial charge in [0.2, 0.25) is 5.91 Å². The molecule has 0 aliphatic heterocycles. The van der Waals surface area contributed by atoms with Crippen LogP contribution < -0.4 is 10.1 Å². The fourth-order valence-corrected chi connectivity index (χ4v) is 4.28. The summed E-state index contributed by atoms with van der Waals surface area (Å²) in [5.41, 5.74) is 0.795. The average molecular weight is 555 g/mol. The van der Waals surface area contributed by atoms with E-state index in [1.165, 1.54) is 6.42 Å². The second-order valence-electron chi connectivity index (χ2n) is 7.88. The normalized spacial score (nSPS) is 15.2. The van der Waals surface area contributed by atoms with Crippen molar-refractivity contribution in [2.45, 2.75) is 57.7 Å². The lowest BCUT2D eigenvalue weighted by Crippen LogP contribution is -2.51. The van der Waals surface area contributed by atoms with E-state index in [-0.39, 0.29) is 31.0 Å². The van der Waals surface area contributed by atoms with Gasteiger partial charge in [-0.1, -0.05) is 49.1 Å². The number of carbonyl (C=O) groups is 2. The van der Waals surface area contributed by atoms with Crippen LogP contribution in [0.1, 0.15) is 44.6 Å². The standard InChI is InChI=1S/C24H28ClIN2O3/c1-17(24(30)27-20-8-3-2-4-9-20)28(15-18-7-5-6-10-22(18)25)23(29)16-31-21-13-11-19(26)12-14-21/h5-7,10-14,17,20H,2-4,8-9,15-16H2,1H3,(H,27,30)/t17-/m1/s1. The first-order valence-corrected chi connectivity index (χ1v) is 12.1. The number of amides is 2. The highest BCUT2D eigenvalue weighted by atomic mass is 127. The maximum Gasteiger partial charge on any atom is 0.261 e. The second-order valence-corrected chi connectivity index (χ2v) is 9.53. The second kappa shape index (κ2) is 11.7. The number of hydrogen-bond donors (Lipinski definition) is 1. The Kier molecular flexibility index (Phi) is 9.02. The number of ether oxygens (including phenoxy) is 1. The summed E-state index contributed by atoms with van der Waals surface area (Å²) in [6.45, 7) is 1.86. The molecule has 0 spiro atoms. The van der Waals surface area contributed by atoms with Crippen LogP contribution in [0.15, 0.2) is 48.5 Å². The predicted octanol–water partition coefficient (Wildman–Crippen LogP) is 5.19. The molecule has 0 radical (unpaired) electrons. The zero-order chi connectivity index (χ0) is 22.2. The molecule has 3 rings (SSSR count). The SMILES string of the molecule is C[C@H](C(=O)NC1CCCCC1)N(Cc1ccccc1Cl)C(=O)COc1ccc(I)cc1. The van der Waals surface area contributed by atoms with Crippen molar-refractivity contribution >= 4 is 46.0 Å². The highest BCUT2D eigenvalue weighted by molar-refractivity contribution is 14.1. The molecule has 0 heterocycles. The van der Waals surface area contributed by atoms with Gasteiger partial charge in [0.05, 0.1) is 0 Å². The van der Waals surface area contributed by atoms with Crippen LogP contribution in [0.2, 0.25) is 5.02 Å². The van der Waals surface area contributed by atoms with Gasteiger partial charge in [0, 0.05) is 21.2 Å². The van der Waals surface area contributed by atoms with Gasteiger partial charge in [-0.3, -0.25) is 9.59 Å². The van der Waals surface area contributed by atoms with E-state index >= 15 is 0 Å². The third-order valence-corrected chi connectivity index (χ3v) is 6.68. The van der Waals surface area contributed by atoms with Crippen LogP contribution in [-0.4, -0.2) is 35.4 Å². The minimum absolute atomic E-state index is 0.137. The summed E-state index contributed by atoms with van der Waals surface area (Å²) < 4.78 is 6.78. The van der Waals surface area contributed by atoms with Gasteiger partial charge in [0.15, 0.2) is 6.61 Å². The van der Waals surface area contributed by atoms with Crippen LogP contribution >= 0.6 is 34.2 Å². The van der Waals surface area contributed by atoms with Crippen molar-refractivity contribution in [2.75, 3.05) is 6.61 Å². The van der Waals surface area contributed by atoms with E-state index in [0.717, 1.165) is 34.8 Å². The van der Waals surface area contributed by atoms with Crippen molar-refractivity contribution in [3.63, 3.8) is 0 Å². The molecular weight excluding hydrogens is 527 g/mol. The maximum atomic E-state index is 13.1. The molecule has 1 fully saturated rings. The Balaban J connectivity index is 1.71. The molecule has 1 N–H and O–H groups in total. The van der Waals surface area contributed by atoms with Crippen LogP contribution in [0.3, 0.4) is 0 Å². The Bertz CT molecular complexity index is 885. The highest BCUT2D eigenvalue weighted by Gasteiger charge is 2.28. The highest BCUT2D eigenvalue weighted by Crippen LogP contribution is 2.21. The number of rotatable bonds is 8. The van der Waals surface area contributed by atoms with Crippen LogP contribution in [0.5, 0.6) is 5.75 Å². The molecule has 2 aromatic rings. The van der Waals surface area contributed by atoms with Crippen molar-refractivity contribution in [1.82, 2.24) is 10.2 Å². The van der Waals surface area contributed by atoms with Gasteiger partial charge < -0.3 is 15.0 Å². The fraction of sp³-hybridized carbons (Fsp3) is 0.417. The minimum Gasteiger partial charge on any atom is -0.484 e. The van der Waals surface area contributed by atoms with Gasteiger partial charge in [0.1, 0.15) is 11.8 Å². The molecular formula is C24H28ClIN2O3. The van der Waals surface area contributed by atoms with Crippen molar-refractivity contribution in [2.24, 2.45) is 0 Å². The van der Waals surface area contributed by atoms with Gasteiger partial charge >= 0.3 is 0 Å². The third kappa shape index (κ3) is 7.10. The Morgan fingerprint density at radius 3 is 2.48 bits per heavy atom. The molecule has 1 aliphatic rings. The van der Waals surface area contributed by atoms with Crippen molar-refractivity contribution in [3.8, 4) is 5.75 Å². The summed E-state index contributed by atoms with van der Waals surface area (Å²) in [4.78, 5) is 27.6. The lowest BCUT2D eigenvalue weighted by molar-refractivity contribution is -0.142. The maximum absolute atomic E-state index is 13.1. The Labute approximate surface area is 202 Å². The van der Waals surface area contributed by atoms with Crippen molar-refractivity contribution in [1.29, 1.82) is 0 Å². The fourth-order valence-electron chi connectivity index (χ4n) is 3.72. The Morgan fingerprint density at radius 2 is 1.81 bits per heavy atom. The molecule has 0 bridgehead atoms. The summed E-state index contributed by atoms with van der Waals surface area (Å²) in [6.07, 6.45) is 5.46. The van der Waals surface area contributed by atoms with E-state index in [0.29, 0.717) is 10.8 Å². The summed E-state index contributed by atoms with van der Waals surface area (Å²) in [5.74, 6) is 0.220. The van der Waals surface area contributed by atoms with Gasteiger partial charge in [-0.15, -0.1) is 0 Å². The first kappa shape index (κ1) is 23.9. The van der Waals surface area contributed by atoms with Crippen LogP contribution in [0.25, 0.3) is 0 Å². The number of hydrogen-bond acceptors (Lipinski definition) is 3. The zero-order valence-corrected chi connectivity index (χ0v) is 20.6. The smallest absolute Gasteiger partial charge is 0.261 e. The number of carbonyl (C=O) groups excluding carboxylic acids is 2. The van der Waals surface area contributed by atoms with E-state index in [9.17, 15) is 9.59 Å². The van der Waals surface area contributed by atoms with Gasteiger partial charge in [-0.2, -0.15) is 0 Å². The molecule has 0 aromatic heterocycles. The first-order valence-electron chi connectivity index (χ1n) is 10.7. The quantitative estimate of drug-likeness (QED) is 0.457. The van der Waals surface area contributed by atoms with E-state index in [2.05, 4.69) is 27.9 Å². The van der Waals surface area contributed by atoms with E-state index < -0.39 is 6.04 Å². The number of benzene rings is 2. The molecule has 7 heteroatoms. The zero-order valence-electron chi connectivity index (χ0n) is 17.7. The Hall–Kier alpha value is -1.80. The van der Waals surface area contributed by atoms with Crippen molar-refractivity contribution < 1.29 is 14.3 Å². The molecule has 2 aromatic carbocycles. The Morgan fingerprint density at radius 1 is 1.13 bits per heavy atom. The molecule has 2 amide bonds. The number of halogens is 2. The predicted molar refractivity (Wildman–Crippen MR) is 131 cm³/mol. The van der Waals surface area contributed by atoms with Crippen LogP contribution in [0, 0.1) is 3.57 Å². The summed E-state index contributed by atoms with van der Waals surface area (Å²) in [5, 5.41) is 3.70. The monoisotopic (exact) mass is 554 g/mol. The van der Waals surface area contributed by atoms with Crippen LogP contribution in [0.4, 0.5) is 0 Å². The van der Waals surface area contributed by atoms with Gasteiger partial charge in [-0.05, 0) is 78.3 Å². The topological polar surface area (TPSA) is 58.6 Å². The minimum atomic E-state index is -0.633. The lowest BCUT2D eigenvalue weighted by atomic mass is 9.95. The molecule has 166 valence electrons. The largest absolute Gasteiger partial charge is 0.484 e. The number of nitrogens with one attached hydrogen (secondary N) is 1. The van der Waals surface area contributed by atoms with E-state index in [1.807, 2.05) is 42.5 Å². The van der Waals surface area contributed by atoms with Gasteiger partial charge in [-0.25, -0.2) is 0 Å². The van der Waals surface area contributed by atoms with Crippen molar-refractivity contribution in [3.05, 3.63) is 62.7 Å². The summed E-state index contributed by atoms with van der Waals surface area (Å²) in [7, 11) is 0. The first-order chi connectivity index (χ1) is 14.9. The summed E-state index contributed by atoms with van der Waals surface area (Å²) >= 11 is 8.55.